The van der Waals surface area contributed by atoms with Gasteiger partial charge in [0.25, 0.3) is 0 Å². The van der Waals surface area contributed by atoms with E-state index in [4.69, 9.17) is 0 Å². The standard InChI is InChI=1S/C24H27N3O3S/c1-25-31(29,30)23-15-8-19(9-16-23)10-17-24(28)26-21-11-13-22(14-12-21)27(2)18-20-6-4-3-5-7-20/h3-9,11-16,25H,10,17-18H2,1-2H3,(H,26,28). The molecule has 0 saturated carbocycles. The van der Waals surface area contributed by atoms with E-state index in [2.05, 4.69) is 27.1 Å². The van der Waals surface area contributed by atoms with E-state index in [9.17, 15) is 13.2 Å². The van der Waals surface area contributed by atoms with Gasteiger partial charge in [-0.2, -0.15) is 0 Å². The molecule has 1 amide bonds. The quantitative estimate of drug-likeness (QED) is 0.534. The molecule has 6 nitrogen and oxygen atoms in total. The van der Waals surface area contributed by atoms with Gasteiger partial charge >= 0.3 is 0 Å². The van der Waals surface area contributed by atoms with Crippen LogP contribution in [0.25, 0.3) is 0 Å². The van der Waals surface area contributed by atoms with E-state index in [-0.39, 0.29) is 10.8 Å². The molecule has 0 heterocycles. The molecule has 0 bridgehead atoms. The number of anilines is 2. The van der Waals surface area contributed by atoms with Gasteiger partial charge in [0.1, 0.15) is 0 Å². The first-order chi connectivity index (χ1) is 14.9. The smallest absolute Gasteiger partial charge is 0.240 e. The van der Waals surface area contributed by atoms with Crippen LogP contribution < -0.4 is 14.9 Å². The topological polar surface area (TPSA) is 78.5 Å². The van der Waals surface area contributed by atoms with E-state index in [0.29, 0.717) is 12.8 Å². The zero-order valence-corrected chi connectivity index (χ0v) is 18.5. The summed E-state index contributed by atoms with van der Waals surface area (Å²) < 4.78 is 25.8. The highest BCUT2D eigenvalue weighted by atomic mass is 32.2. The summed E-state index contributed by atoms with van der Waals surface area (Å²) in [4.78, 5) is 14.7. The van der Waals surface area contributed by atoms with Crippen molar-refractivity contribution >= 4 is 27.3 Å². The first-order valence-corrected chi connectivity index (χ1v) is 11.5. The van der Waals surface area contributed by atoms with Crippen LogP contribution in [0.5, 0.6) is 0 Å². The Kier molecular flexibility index (Phi) is 7.44. The summed E-state index contributed by atoms with van der Waals surface area (Å²) in [6.07, 6.45) is 0.845. The monoisotopic (exact) mass is 437 g/mol. The number of carbonyl (C=O) groups is 1. The maximum atomic E-state index is 12.3. The Morgan fingerprint density at radius 3 is 2.13 bits per heavy atom. The van der Waals surface area contributed by atoms with Crippen molar-refractivity contribution in [1.82, 2.24) is 4.72 Å². The Morgan fingerprint density at radius 1 is 0.871 bits per heavy atom. The zero-order valence-electron chi connectivity index (χ0n) is 17.7. The first kappa shape index (κ1) is 22.5. The van der Waals surface area contributed by atoms with Crippen molar-refractivity contribution in [3.63, 3.8) is 0 Å². The SMILES string of the molecule is CNS(=O)(=O)c1ccc(CCC(=O)Nc2ccc(N(C)Cc3ccccc3)cc2)cc1. The molecule has 0 spiro atoms. The van der Waals surface area contributed by atoms with Crippen LogP contribution in [0.1, 0.15) is 17.5 Å². The lowest BCUT2D eigenvalue weighted by Crippen LogP contribution is -2.18. The van der Waals surface area contributed by atoms with Gasteiger partial charge in [-0.3, -0.25) is 4.79 Å². The van der Waals surface area contributed by atoms with Gasteiger partial charge in [-0.1, -0.05) is 42.5 Å². The van der Waals surface area contributed by atoms with Crippen molar-refractivity contribution in [3.05, 3.63) is 90.0 Å². The number of sulfonamides is 1. The van der Waals surface area contributed by atoms with Gasteiger partial charge in [0.2, 0.25) is 15.9 Å². The molecule has 0 aliphatic heterocycles. The molecule has 3 aromatic carbocycles. The molecule has 3 aromatic rings. The number of hydrogen-bond acceptors (Lipinski definition) is 4. The maximum absolute atomic E-state index is 12.3. The van der Waals surface area contributed by atoms with Crippen LogP contribution in [0.2, 0.25) is 0 Å². The average molecular weight is 438 g/mol. The van der Waals surface area contributed by atoms with Gasteiger partial charge in [-0.05, 0) is 61.0 Å². The van der Waals surface area contributed by atoms with Crippen LogP contribution in [-0.4, -0.2) is 28.4 Å². The molecule has 0 radical (unpaired) electrons. The van der Waals surface area contributed by atoms with Crippen molar-refractivity contribution < 1.29 is 13.2 Å². The van der Waals surface area contributed by atoms with Crippen molar-refractivity contribution in [1.29, 1.82) is 0 Å². The van der Waals surface area contributed by atoms with E-state index >= 15 is 0 Å². The van der Waals surface area contributed by atoms with Crippen LogP contribution in [0, 0.1) is 0 Å². The summed E-state index contributed by atoms with van der Waals surface area (Å²) in [7, 11) is -0.0355. The van der Waals surface area contributed by atoms with E-state index in [0.717, 1.165) is 23.5 Å². The fraction of sp³-hybridized carbons (Fsp3) is 0.208. The van der Waals surface area contributed by atoms with Crippen molar-refractivity contribution in [2.24, 2.45) is 0 Å². The third-order valence-electron chi connectivity index (χ3n) is 5.00. The van der Waals surface area contributed by atoms with Gasteiger partial charge in [-0.25, -0.2) is 13.1 Å². The minimum Gasteiger partial charge on any atom is -0.370 e. The number of carbonyl (C=O) groups excluding carboxylic acids is 1. The summed E-state index contributed by atoms with van der Waals surface area (Å²) in [6.45, 7) is 0.807. The normalized spacial score (nSPS) is 11.2. The highest BCUT2D eigenvalue weighted by Gasteiger charge is 2.11. The molecule has 162 valence electrons. The van der Waals surface area contributed by atoms with E-state index in [1.165, 1.54) is 12.6 Å². The maximum Gasteiger partial charge on any atom is 0.240 e. The Bertz CT molecular complexity index is 1100. The van der Waals surface area contributed by atoms with Gasteiger partial charge in [0.05, 0.1) is 4.90 Å². The molecule has 0 saturated heterocycles. The number of benzene rings is 3. The van der Waals surface area contributed by atoms with Crippen LogP contribution in [0.15, 0.2) is 83.8 Å². The molecular formula is C24H27N3O3S. The third kappa shape index (κ3) is 6.41. The first-order valence-electron chi connectivity index (χ1n) is 10.0. The molecule has 0 aliphatic carbocycles. The number of amides is 1. The minimum atomic E-state index is -3.45. The number of rotatable bonds is 9. The second kappa shape index (κ2) is 10.2. The molecule has 0 aliphatic rings. The highest BCUT2D eigenvalue weighted by Crippen LogP contribution is 2.19. The summed E-state index contributed by atoms with van der Waals surface area (Å²) >= 11 is 0. The third-order valence-corrected chi connectivity index (χ3v) is 6.43. The Labute approximate surface area is 184 Å². The van der Waals surface area contributed by atoms with E-state index < -0.39 is 10.0 Å². The number of hydrogen-bond donors (Lipinski definition) is 2. The minimum absolute atomic E-state index is 0.0858. The van der Waals surface area contributed by atoms with Gasteiger partial charge in [-0.15, -0.1) is 0 Å². The Balaban J connectivity index is 1.50. The lowest BCUT2D eigenvalue weighted by atomic mass is 10.1. The van der Waals surface area contributed by atoms with Crippen molar-refractivity contribution in [2.45, 2.75) is 24.3 Å². The van der Waals surface area contributed by atoms with Crippen molar-refractivity contribution in [3.8, 4) is 0 Å². The fourth-order valence-electron chi connectivity index (χ4n) is 3.18. The summed E-state index contributed by atoms with van der Waals surface area (Å²) in [5, 5.41) is 2.91. The summed E-state index contributed by atoms with van der Waals surface area (Å²) in [5.74, 6) is -0.0858. The van der Waals surface area contributed by atoms with E-state index in [1.807, 2.05) is 49.5 Å². The van der Waals surface area contributed by atoms with Gasteiger partial charge in [0.15, 0.2) is 0 Å². The number of nitrogens with zero attached hydrogens (tertiary/aromatic N) is 1. The Morgan fingerprint density at radius 2 is 1.52 bits per heavy atom. The fourth-order valence-corrected chi connectivity index (χ4v) is 3.91. The van der Waals surface area contributed by atoms with Crippen LogP contribution in [-0.2, 0) is 27.8 Å². The lowest BCUT2D eigenvalue weighted by molar-refractivity contribution is -0.116. The van der Waals surface area contributed by atoms with Crippen LogP contribution in [0.3, 0.4) is 0 Å². The molecule has 0 unspecified atom stereocenters. The molecule has 0 atom stereocenters. The summed E-state index contributed by atoms with van der Waals surface area (Å²) in [6, 6.07) is 24.6. The van der Waals surface area contributed by atoms with Crippen LogP contribution >= 0.6 is 0 Å². The highest BCUT2D eigenvalue weighted by molar-refractivity contribution is 7.89. The molecule has 31 heavy (non-hydrogen) atoms. The average Bonchev–Trinajstić information content (AvgIpc) is 2.79. The Hall–Kier alpha value is -3.16. The summed E-state index contributed by atoms with van der Waals surface area (Å²) in [5.41, 5.74) is 3.96. The van der Waals surface area contributed by atoms with Gasteiger partial charge in [0, 0.05) is 31.4 Å². The second-order valence-electron chi connectivity index (χ2n) is 7.29. The van der Waals surface area contributed by atoms with E-state index in [1.54, 1.807) is 24.3 Å². The number of aryl methyl sites for hydroxylation is 1. The molecule has 3 rings (SSSR count). The zero-order chi connectivity index (χ0) is 22.3. The number of nitrogens with one attached hydrogen (secondary N) is 2. The molecule has 0 aromatic heterocycles. The molecular weight excluding hydrogens is 410 g/mol. The molecule has 2 N–H and O–H groups in total. The van der Waals surface area contributed by atoms with Gasteiger partial charge < -0.3 is 10.2 Å². The molecule has 7 heteroatoms. The van der Waals surface area contributed by atoms with Crippen LogP contribution in [0.4, 0.5) is 11.4 Å². The lowest BCUT2D eigenvalue weighted by Gasteiger charge is -2.19. The second-order valence-corrected chi connectivity index (χ2v) is 9.17. The predicted molar refractivity (Wildman–Crippen MR) is 125 cm³/mol. The largest absolute Gasteiger partial charge is 0.370 e. The van der Waals surface area contributed by atoms with Crippen molar-refractivity contribution in [2.75, 3.05) is 24.3 Å². The molecule has 0 fully saturated rings. The predicted octanol–water partition coefficient (Wildman–Crippen LogP) is 3.80.